The van der Waals surface area contributed by atoms with Crippen molar-refractivity contribution in [2.75, 3.05) is 37.1 Å². The largest absolute Gasteiger partial charge is 0.383 e. The van der Waals surface area contributed by atoms with E-state index in [-0.39, 0.29) is 41.7 Å². The van der Waals surface area contributed by atoms with Crippen molar-refractivity contribution >= 4 is 37.4 Å². The monoisotopic (exact) mass is 419 g/mol. The van der Waals surface area contributed by atoms with Gasteiger partial charge >= 0.3 is 11.8 Å². The molecule has 1 aromatic carbocycles. The molecule has 1 saturated heterocycles. The normalized spacial score (nSPS) is 18.8. The zero-order valence-corrected chi connectivity index (χ0v) is 16.3. The number of sulfone groups is 1. The van der Waals surface area contributed by atoms with Crippen LogP contribution < -0.4 is 10.5 Å². The summed E-state index contributed by atoms with van der Waals surface area (Å²) in [6.45, 7) is 0.228. The maximum atomic E-state index is 12.5. The molecule has 150 valence electrons. The number of nitrogens with two attached hydrogens (primary N) is 1. The molecule has 0 saturated carbocycles. The van der Waals surface area contributed by atoms with Crippen LogP contribution in [-0.4, -0.2) is 71.4 Å². The Morgan fingerprint density at radius 3 is 2.41 bits per heavy atom. The summed E-state index contributed by atoms with van der Waals surface area (Å²) in [6.07, 6.45) is 0.258. The van der Waals surface area contributed by atoms with E-state index in [9.17, 15) is 26.4 Å². The molecule has 0 spiro atoms. The van der Waals surface area contributed by atoms with Gasteiger partial charge in [0.15, 0.2) is 9.84 Å². The lowest BCUT2D eigenvalue weighted by Gasteiger charge is -2.27. The second kappa shape index (κ2) is 8.33. The number of carbonyl (C=O) groups excluding carboxylic acids is 2. The Morgan fingerprint density at radius 1 is 1.30 bits per heavy atom. The number of anilines is 1. The van der Waals surface area contributed by atoms with Crippen molar-refractivity contribution in [2.24, 2.45) is 5.14 Å². The van der Waals surface area contributed by atoms with Crippen LogP contribution in [0.3, 0.4) is 0 Å². The molecule has 2 rings (SSSR count). The quantitative estimate of drug-likeness (QED) is 0.557. The van der Waals surface area contributed by atoms with Gasteiger partial charge in [-0.15, -0.1) is 0 Å². The number of nitrogens with zero attached hydrogens (tertiary/aromatic N) is 1. The van der Waals surface area contributed by atoms with Gasteiger partial charge < -0.3 is 15.0 Å². The Labute approximate surface area is 157 Å². The van der Waals surface area contributed by atoms with Gasteiger partial charge in [0.2, 0.25) is 10.0 Å². The van der Waals surface area contributed by atoms with E-state index in [0.717, 1.165) is 0 Å². The van der Waals surface area contributed by atoms with Gasteiger partial charge in [-0.05, 0) is 30.7 Å². The van der Waals surface area contributed by atoms with E-state index in [1.165, 1.54) is 36.3 Å². The number of benzene rings is 1. The minimum Gasteiger partial charge on any atom is -0.383 e. The lowest BCUT2D eigenvalue weighted by atomic mass is 10.2. The van der Waals surface area contributed by atoms with E-state index in [0.29, 0.717) is 0 Å². The Morgan fingerprint density at radius 2 is 1.93 bits per heavy atom. The summed E-state index contributed by atoms with van der Waals surface area (Å²) in [6, 6.07) is 4.39. The molecule has 0 aliphatic carbocycles. The van der Waals surface area contributed by atoms with E-state index in [1.54, 1.807) is 0 Å². The van der Waals surface area contributed by atoms with Crippen molar-refractivity contribution in [2.45, 2.75) is 17.4 Å². The molecule has 0 bridgehead atoms. The van der Waals surface area contributed by atoms with Gasteiger partial charge in [0.05, 0.1) is 23.0 Å². The topological polar surface area (TPSA) is 153 Å². The first kappa shape index (κ1) is 21.3. The number of methoxy groups -OCH3 is 1. The SMILES string of the molecule is COCCN(C(=O)C(=O)Nc1ccc(S(N)(=O)=O)cc1)C1CCS(=O)(=O)C1. The molecule has 1 aromatic rings. The maximum Gasteiger partial charge on any atom is 0.313 e. The fraction of sp³-hybridized carbons (Fsp3) is 0.467. The molecule has 2 amide bonds. The first-order valence-electron chi connectivity index (χ1n) is 7.97. The second-order valence-electron chi connectivity index (χ2n) is 6.07. The van der Waals surface area contributed by atoms with E-state index in [4.69, 9.17) is 9.88 Å². The fourth-order valence-corrected chi connectivity index (χ4v) is 4.95. The van der Waals surface area contributed by atoms with Crippen molar-refractivity contribution in [3.8, 4) is 0 Å². The standard InChI is InChI=1S/C15H21N3O7S2/c1-25-8-7-18(12-6-9-26(21,22)10-12)15(20)14(19)17-11-2-4-13(5-3-11)27(16,23)24/h2-5,12H,6-10H2,1H3,(H,17,19)(H2,16,23,24). The number of ether oxygens (including phenoxy) is 1. The summed E-state index contributed by atoms with van der Waals surface area (Å²) in [5, 5.41) is 7.36. The van der Waals surface area contributed by atoms with E-state index < -0.39 is 37.7 Å². The smallest absolute Gasteiger partial charge is 0.313 e. The number of carbonyl (C=O) groups is 2. The number of hydrogen-bond donors (Lipinski definition) is 2. The molecule has 1 unspecified atom stereocenters. The van der Waals surface area contributed by atoms with Gasteiger partial charge in [-0.25, -0.2) is 22.0 Å². The summed E-state index contributed by atoms with van der Waals surface area (Å²) in [5.74, 6) is -2.08. The average molecular weight is 419 g/mol. The van der Waals surface area contributed by atoms with Crippen LogP contribution in [0.2, 0.25) is 0 Å². The van der Waals surface area contributed by atoms with Crippen molar-refractivity contribution in [3.05, 3.63) is 24.3 Å². The number of nitrogens with one attached hydrogen (secondary N) is 1. The molecule has 1 fully saturated rings. The average Bonchev–Trinajstić information content (AvgIpc) is 2.94. The Balaban J connectivity index is 2.11. The second-order valence-corrected chi connectivity index (χ2v) is 9.86. The first-order valence-corrected chi connectivity index (χ1v) is 11.3. The molecular weight excluding hydrogens is 398 g/mol. The van der Waals surface area contributed by atoms with Crippen LogP contribution in [0.4, 0.5) is 5.69 Å². The zero-order chi connectivity index (χ0) is 20.2. The Kier molecular flexibility index (Phi) is 6.57. The van der Waals surface area contributed by atoms with Gasteiger partial charge in [-0.3, -0.25) is 9.59 Å². The highest BCUT2D eigenvalue weighted by atomic mass is 32.2. The fourth-order valence-electron chi connectivity index (χ4n) is 2.70. The highest BCUT2D eigenvalue weighted by Crippen LogP contribution is 2.19. The summed E-state index contributed by atoms with van der Waals surface area (Å²) in [5.41, 5.74) is 0.200. The molecule has 1 atom stereocenters. The molecular formula is C15H21N3O7S2. The molecule has 12 heteroatoms. The molecule has 27 heavy (non-hydrogen) atoms. The predicted molar refractivity (Wildman–Crippen MR) is 97.1 cm³/mol. The van der Waals surface area contributed by atoms with E-state index >= 15 is 0 Å². The van der Waals surface area contributed by atoms with Crippen molar-refractivity contribution < 1.29 is 31.2 Å². The van der Waals surface area contributed by atoms with Crippen molar-refractivity contribution in [1.82, 2.24) is 4.90 Å². The summed E-state index contributed by atoms with van der Waals surface area (Å²) < 4.78 is 50.8. The van der Waals surface area contributed by atoms with Gasteiger partial charge in [-0.2, -0.15) is 0 Å². The summed E-state index contributed by atoms with van der Waals surface area (Å²) in [4.78, 5) is 25.9. The number of hydrogen-bond acceptors (Lipinski definition) is 7. The molecule has 0 aromatic heterocycles. The van der Waals surface area contributed by atoms with Crippen molar-refractivity contribution in [3.63, 3.8) is 0 Å². The predicted octanol–water partition coefficient (Wildman–Crippen LogP) is -1.07. The van der Waals surface area contributed by atoms with Gasteiger partial charge in [-0.1, -0.05) is 0 Å². The third-order valence-corrected chi connectivity index (χ3v) is 6.76. The molecule has 1 aliphatic rings. The molecule has 3 N–H and O–H groups in total. The maximum absolute atomic E-state index is 12.5. The van der Waals surface area contributed by atoms with Crippen LogP contribution in [-0.2, 0) is 34.2 Å². The number of rotatable bonds is 6. The first-order chi connectivity index (χ1) is 12.5. The highest BCUT2D eigenvalue weighted by molar-refractivity contribution is 7.91. The lowest BCUT2D eigenvalue weighted by molar-refractivity contribution is -0.144. The van der Waals surface area contributed by atoms with Crippen LogP contribution >= 0.6 is 0 Å². The minimum absolute atomic E-state index is 0.0366. The molecule has 10 nitrogen and oxygen atoms in total. The van der Waals surface area contributed by atoms with Crippen molar-refractivity contribution in [1.29, 1.82) is 0 Å². The molecule has 0 radical (unpaired) electrons. The van der Waals surface area contributed by atoms with Crippen LogP contribution in [0.5, 0.6) is 0 Å². The Bertz CT molecular complexity index is 911. The lowest BCUT2D eigenvalue weighted by Crippen LogP contribution is -2.47. The zero-order valence-electron chi connectivity index (χ0n) is 14.6. The third kappa shape index (κ3) is 5.73. The van der Waals surface area contributed by atoms with Crippen LogP contribution in [0.15, 0.2) is 29.2 Å². The minimum atomic E-state index is -3.87. The number of primary sulfonamides is 1. The van der Waals surface area contributed by atoms with Gasteiger partial charge in [0, 0.05) is 25.4 Å². The van der Waals surface area contributed by atoms with Crippen LogP contribution in [0, 0.1) is 0 Å². The van der Waals surface area contributed by atoms with Crippen LogP contribution in [0.1, 0.15) is 6.42 Å². The van der Waals surface area contributed by atoms with E-state index in [1.807, 2.05) is 0 Å². The van der Waals surface area contributed by atoms with Gasteiger partial charge in [0.1, 0.15) is 0 Å². The molecule has 1 heterocycles. The number of amides is 2. The highest BCUT2D eigenvalue weighted by Gasteiger charge is 2.36. The number of sulfonamides is 1. The Hall–Kier alpha value is -2.02. The molecule has 1 aliphatic heterocycles. The summed E-state index contributed by atoms with van der Waals surface area (Å²) >= 11 is 0. The third-order valence-electron chi connectivity index (χ3n) is 4.08. The van der Waals surface area contributed by atoms with E-state index in [2.05, 4.69) is 5.32 Å². The summed E-state index contributed by atoms with van der Waals surface area (Å²) in [7, 11) is -5.67. The van der Waals surface area contributed by atoms with Gasteiger partial charge in [0.25, 0.3) is 0 Å². The van der Waals surface area contributed by atoms with Crippen LogP contribution in [0.25, 0.3) is 0 Å².